The van der Waals surface area contributed by atoms with E-state index in [0.717, 1.165) is 0 Å². The number of hydrogen-bond donors (Lipinski definition) is 1. The van der Waals surface area contributed by atoms with Gasteiger partial charge in [0.1, 0.15) is 5.82 Å². The van der Waals surface area contributed by atoms with Crippen LogP contribution in [0.5, 0.6) is 0 Å². The summed E-state index contributed by atoms with van der Waals surface area (Å²) in [6.07, 6.45) is 1.68. The van der Waals surface area contributed by atoms with Gasteiger partial charge in [0, 0.05) is 18.2 Å². The summed E-state index contributed by atoms with van der Waals surface area (Å²) in [5.41, 5.74) is 0.681. The fraction of sp³-hybridized carbons (Fsp3) is 0.400. The monoisotopic (exact) mass is 255 g/mol. The molecule has 6 nitrogen and oxygen atoms in total. The van der Waals surface area contributed by atoms with Crippen LogP contribution < -0.4 is 5.32 Å². The Balaban J connectivity index is 2.19. The van der Waals surface area contributed by atoms with Crippen molar-refractivity contribution in [3.05, 3.63) is 17.0 Å². The summed E-state index contributed by atoms with van der Waals surface area (Å²) < 4.78 is 4.52. The van der Waals surface area contributed by atoms with Crippen LogP contribution in [-0.2, 0) is 20.7 Å². The highest BCUT2D eigenvalue weighted by molar-refractivity contribution is 6.28. The summed E-state index contributed by atoms with van der Waals surface area (Å²) in [5.74, 6) is -0.0354. The Hall–Kier alpha value is -1.69. The lowest BCUT2D eigenvalue weighted by atomic mass is 9.98. The lowest BCUT2D eigenvalue weighted by molar-refractivity contribution is -0.142. The number of aromatic nitrogens is 2. The molecule has 0 saturated heterocycles. The Morgan fingerprint density at radius 3 is 3.18 bits per heavy atom. The van der Waals surface area contributed by atoms with Gasteiger partial charge in [-0.3, -0.25) is 9.59 Å². The lowest BCUT2D eigenvalue weighted by Crippen LogP contribution is -2.38. The molecule has 1 aromatic heterocycles. The number of halogens is 1. The van der Waals surface area contributed by atoms with Crippen molar-refractivity contribution in [3.8, 4) is 0 Å². The Labute approximate surface area is 102 Å². The van der Waals surface area contributed by atoms with E-state index in [1.807, 2.05) is 0 Å². The molecule has 0 amide bonds. The number of esters is 1. The summed E-state index contributed by atoms with van der Waals surface area (Å²) in [4.78, 5) is 30.6. The van der Waals surface area contributed by atoms with Crippen LogP contribution in [0.2, 0.25) is 5.28 Å². The van der Waals surface area contributed by atoms with E-state index in [9.17, 15) is 9.59 Å². The van der Waals surface area contributed by atoms with E-state index in [-0.39, 0.29) is 23.9 Å². The molecule has 2 rings (SSSR count). The van der Waals surface area contributed by atoms with Crippen molar-refractivity contribution in [2.24, 2.45) is 0 Å². The molecule has 1 atom stereocenters. The van der Waals surface area contributed by atoms with Crippen LogP contribution in [0, 0.1) is 0 Å². The van der Waals surface area contributed by atoms with Crippen molar-refractivity contribution < 1.29 is 14.3 Å². The van der Waals surface area contributed by atoms with E-state index in [2.05, 4.69) is 20.0 Å². The molecule has 90 valence electrons. The largest absolute Gasteiger partial charge is 0.469 e. The Bertz CT molecular complexity index is 478. The molecule has 0 saturated carbocycles. The number of ketones is 1. The number of Topliss-reactive ketones (excluding diaryl/α,β-unsaturated/α-hetero) is 1. The fourth-order valence-electron chi connectivity index (χ4n) is 1.61. The molecule has 0 fully saturated rings. The normalized spacial score (nSPS) is 18.2. The predicted octanol–water partition coefficient (Wildman–Crippen LogP) is 0.599. The van der Waals surface area contributed by atoms with Crippen LogP contribution in [0.3, 0.4) is 0 Å². The van der Waals surface area contributed by atoms with Gasteiger partial charge in [-0.15, -0.1) is 0 Å². The van der Waals surface area contributed by atoms with E-state index < -0.39 is 12.0 Å². The number of anilines is 1. The third-order valence-corrected chi connectivity index (χ3v) is 2.68. The second-order valence-electron chi connectivity index (χ2n) is 3.63. The Morgan fingerprint density at radius 2 is 2.47 bits per heavy atom. The zero-order valence-corrected chi connectivity index (χ0v) is 9.82. The third-order valence-electron chi connectivity index (χ3n) is 2.50. The zero-order chi connectivity index (χ0) is 12.4. The number of nitrogens with one attached hydrogen (secondary N) is 1. The first-order valence-electron chi connectivity index (χ1n) is 4.97. The van der Waals surface area contributed by atoms with Gasteiger partial charge in [-0.1, -0.05) is 0 Å². The van der Waals surface area contributed by atoms with Crippen molar-refractivity contribution >= 4 is 29.2 Å². The molecular weight excluding hydrogens is 246 g/mol. The molecule has 1 aliphatic heterocycles. The average Bonchev–Trinajstić information content (AvgIpc) is 2.30. The summed E-state index contributed by atoms with van der Waals surface area (Å²) in [7, 11) is 1.28. The zero-order valence-electron chi connectivity index (χ0n) is 9.07. The molecule has 0 aliphatic carbocycles. The molecule has 1 N–H and O–H groups in total. The van der Waals surface area contributed by atoms with Gasteiger partial charge in [-0.2, -0.15) is 0 Å². The fourth-order valence-corrected chi connectivity index (χ4v) is 1.74. The predicted molar refractivity (Wildman–Crippen MR) is 59.8 cm³/mol. The smallest absolute Gasteiger partial charge is 0.308 e. The van der Waals surface area contributed by atoms with Crippen LogP contribution >= 0.6 is 11.6 Å². The number of nitrogens with zero attached hydrogens (tertiary/aromatic N) is 2. The summed E-state index contributed by atoms with van der Waals surface area (Å²) >= 11 is 5.65. The molecule has 1 aliphatic rings. The van der Waals surface area contributed by atoms with Gasteiger partial charge in [0.25, 0.3) is 0 Å². The van der Waals surface area contributed by atoms with Crippen LogP contribution in [0.1, 0.15) is 12.0 Å². The summed E-state index contributed by atoms with van der Waals surface area (Å²) in [5, 5.41) is 2.97. The van der Waals surface area contributed by atoms with Gasteiger partial charge in [0.05, 0.1) is 19.6 Å². The highest BCUT2D eigenvalue weighted by Crippen LogP contribution is 2.22. The van der Waals surface area contributed by atoms with Crippen LogP contribution in [0.15, 0.2) is 6.20 Å². The summed E-state index contributed by atoms with van der Waals surface area (Å²) in [6.45, 7) is 0. The van der Waals surface area contributed by atoms with Gasteiger partial charge >= 0.3 is 5.97 Å². The van der Waals surface area contributed by atoms with Gasteiger partial charge in [0.2, 0.25) is 5.28 Å². The van der Waals surface area contributed by atoms with Crippen molar-refractivity contribution in [2.45, 2.75) is 18.9 Å². The first kappa shape index (κ1) is 11.8. The molecule has 7 heteroatoms. The van der Waals surface area contributed by atoms with E-state index >= 15 is 0 Å². The first-order valence-corrected chi connectivity index (χ1v) is 5.35. The Morgan fingerprint density at radius 1 is 1.71 bits per heavy atom. The minimum atomic E-state index is -0.610. The summed E-state index contributed by atoms with van der Waals surface area (Å²) in [6, 6.07) is -0.610. The van der Waals surface area contributed by atoms with Crippen LogP contribution in [0.25, 0.3) is 0 Å². The molecule has 0 spiro atoms. The van der Waals surface area contributed by atoms with E-state index in [1.165, 1.54) is 13.3 Å². The quantitative estimate of drug-likeness (QED) is 0.616. The third kappa shape index (κ3) is 2.52. The number of methoxy groups -OCH3 is 1. The molecule has 0 unspecified atom stereocenters. The van der Waals surface area contributed by atoms with Gasteiger partial charge in [-0.25, -0.2) is 9.97 Å². The average molecular weight is 256 g/mol. The van der Waals surface area contributed by atoms with Gasteiger partial charge in [-0.05, 0) is 11.6 Å². The maximum absolute atomic E-state index is 11.7. The van der Waals surface area contributed by atoms with Crippen LogP contribution in [0.4, 0.5) is 5.82 Å². The first-order chi connectivity index (χ1) is 8.10. The van der Waals surface area contributed by atoms with Gasteiger partial charge in [0.15, 0.2) is 5.78 Å². The molecule has 1 aromatic rings. The highest BCUT2D eigenvalue weighted by Gasteiger charge is 2.29. The molecule has 0 radical (unpaired) electrons. The second-order valence-corrected chi connectivity index (χ2v) is 3.97. The molecule has 2 heterocycles. The number of ether oxygens (including phenoxy) is 1. The Kier molecular flexibility index (Phi) is 3.23. The molecule has 0 bridgehead atoms. The van der Waals surface area contributed by atoms with E-state index in [4.69, 9.17) is 11.6 Å². The number of carbonyl (C=O) groups is 2. The lowest BCUT2D eigenvalue weighted by Gasteiger charge is -2.23. The maximum Gasteiger partial charge on any atom is 0.308 e. The standard InChI is InChI=1S/C10H10ClN3O3/c1-17-8(16)3-6-7(15)2-5-4-12-10(11)14-9(5)13-6/h4,6H,2-3H2,1H3,(H,12,13,14)/t6-/m0/s1. The van der Waals surface area contributed by atoms with E-state index in [1.54, 1.807) is 0 Å². The maximum atomic E-state index is 11.7. The number of rotatable bonds is 2. The second kappa shape index (κ2) is 4.67. The minimum Gasteiger partial charge on any atom is -0.469 e. The number of hydrogen-bond acceptors (Lipinski definition) is 6. The number of fused-ring (bicyclic) bond motifs is 1. The van der Waals surface area contributed by atoms with Crippen molar-refractivity contribution in [1.82, 2.24) is 9.97 Å². The van der Waals surface area contributed by atoms with Crippen molar-refractivity contribution in [3.63, 3.8) is 0 Å². The SMILES string of the molecule is COC(=O)C[C@@H]1Nc2nc(Cl)ncc2CC1=O. The molecular formula is C10H10ClN3O3. The topological polar surface area (TPSA) is 81.2 Å². The molecule has 17 heavy (non-hydrogen) atoms. The van der Waals surface area contributed by atoms with Crippen LogP contribution in [-0.4, -0.2) is 34.9 Å². The molecule has 0 aromatic carbocycles. The van der Waals surface area contributed by atoms with Crippen molar-refractivity contribution in [2.75, 3.05) is 12.4 Å². The number of carbonyl (C=O) groups excluding carboxylic acids is 2. The van der Waals surface area contributed by atoms with Gasteiger partial charge < -0.3 is 10.1 Å². The minimum absolute atomic E-state index is 0.0175. The van der Waals surface area contributed by atoms with E-state index in [0.29, 0.717) is 11.4 Å². The van der Waals surface area contributed by atoms with Crippen molar-refractivity contribution in [1.29, 1.82) is 0 Å². The highest BCUT2D eigenvalue weighted by atomic mass is 35.5.